The highest BCUT2D eigenvalue weighted by atomic mass is 16.5. The summed E-state index contributed by atoms with van der Waals surface area (Å²) in [6, 6.07) is 10.4. The summed E-state index contributed by atoms with van der Waals surface area (Å²) >= 11 is 0. The normalized spacial score (nSPS) is 11.6. The zero-order valence-electron chi connectivity index (χ0n) is 17.1. The number of nitrogens with zero attached hydrogens (tertiary/aromatic N) is 3. The summed E-state index contributed by atoms with van der Waals surface area (Å²) in [6.45, 7) is 8.05. The Balaban J connectivity index is 2.08. The Kier molecular flexibility index (Phi) is 8.84. The van der Waals surface area contributed by atoms with E-state index >= 15 is 0 Å². The molecule has 0 atom stereocenters. The first-order valence-electron chi connectivity index (χ1n) is 9.81. The second-order valence-corrected chi connectivity index (χ2v) is 6.58. The number of anilines is 1. The van der Waals surface area contributed by atoms with E-state index in [2.05, 4.69) is 35.8 Å². The van der Waals surface area contributed by atoms with E-state index in [1.165, 1.54) is 5.56 Å². The second-order valence-electron chi connectivity index (χ2n) is 6.58. The molecule has 0 unspecified atom stereocenters. The van der Waals surface area contributed by atoms with Crippen LogP contribution < -0.4 is 15.5 Å². The van der Waals surface area contributed by atoms with Crippen LogP contribution in [0.3, 0.4) is 0 Å². The number of rotatable bonds is 10. The zero-order chi connectivity index (χ0) is 19.5. The molecule has 0 aliphatic rings. The van der Waals surface area contributed by atoms with Crippen LogP contribution in [0.5, 0.6) is 0 Å². The highest BCUT2D eigenvalue weighted by molar-refractivity contribution is 5.85. The summed E-state index contributed by atoms with van der Waals surface area (Å²) in [7, 11) is 4.02. The first kappa shape index (κ1) is 21.0. The summed E-state index contributed by atoms with van der Waals surface area (Å²) in [6.07, 6.45) is 2.12. The van der Waals surface area contributed by atoms with Crippen molar-refractivity contribution in [2.75, 3.05) is 45.3 Å². The Hall–Kier alpha value is -2.34. The molecule has 0 amide bonds. The molecule has 2 N–H and O–H groups in total. The van der Waals surface area contributed by atoms with E-state index in [0.717, 1.165) is 61.8 Å². The first-order valence-corrected chi connectivity index (χ1v) is 9.81. The molecule has 0 radical (unpaired) electrons. The lowest BCUT2D eigenvalue weighted by Gasteiger charge is -2.15. The van der Waals surface area contributed by atoms with Gasteiger partial charge < -0.3 is 20.3 Å². The largest absolute Gasteiger partial charge is 0.382 e. The molecule has 0 aliphatic carbocycles. The SMILES string of the molecule is CCNC(=NCc1cc(N(C)C)nc2ccccc12)NCCCCOCC. The maximum Gasteiger partial charge on any atom is 0.191 e. The summed E-state index contributed by atoms with van der Waals surface area (Å²) in [4.78, 5) is 11.5. The van der Waals surface area contributed by atoms with Gasteiger partial charge in [-0.2, -0.15) is 0 Å². The van der Waals surface area contributed by atoms with Crippen molar-refractivity contribution in [3.8, 4) is 0 Å². The lowest BCUT2D eigenvalue weighted by molar-refractivity contribution is 0.143. The Morgan fingerprint density at radius 1 is 1.15 bits per heavy atom. The number of aromatic nitrogens is 1. The van der Waals surface area contributed by atoms with Crippen molar-refractivity contribution in [1.29, 1.82) is 0 Å². The number of hydrogen-bond acceptors (Lipinski definition) is 4. The van der Waals surface area contributed by atoms with E-state index < -0.39 is 0 Å². The van der Waals surface area contributed by atoms with Crippen LogP contribution in [0.4, 0.5) is 5.82 Å². The van der Waals surface area contributed by atoms with Crippen LogP contribution in [0.1, 0.15) is 32.3 Å². The monoisotopic (exact) mass is 371 g/mol. The van der Waals surface area contributed by atoms with Gasteiger partial charge in [0.2, 0.25) is 0 Å². The van der Waals surface area contributed by atoms with Crippen molar-refractivity contribution in [1.82, 2.24) is 15.6 Å². The highest BCUT2D eigenvalue weighted by Crippen LogP contribution is 2.22. The van der Waals surface area contributed by atoms with E-state index in [4.69, 9.17) is 14.7 Å². The molecule has 0 fully saturated rings. The summed E-state index contributed by atoms with van der Waals surface area (Å²) < 4.78 is 5.38. The van der Waals surface area contributed by atoms with Crippen molar-refractivity contribution in [2.24, 2.45) is 4.99 Å². The smallest absolute Gasteiger partial charge is 0.191 e. The van der Waals surface area contributed by atoms with Crippen molar-refractivity contribution in [2.45, 2.75) is 33.2 Å². The number of guanidine groups is 1. The number of pyridine rings is 1. The number of ether oxygens (including phenoxy) is 1. The maximum absolute atomic E-state index is 5.38. The van der Waals surface area contributed by atoms with Crippen LogP contribution in [0, 0.1) is 0 Å². The van der Waals surface area contributed by atoms with Gasteiger partial charge in [0.15, 0.2) is 5.96 Å². The van der Waals surface area contributed by atoms with Gasteiger partial charge in [-0.15, -0.1) is 0 Å². The lowest BCUT2D eigenvalue weighted by Crippen LogP contribution is -2.37. The molecule has 0 saturated heterocycles. The predicted octanol–water partition coefficient (Wildman–Crippen LogP) is 3.17. The highest BCUT2D eigenvalue weighted by Gasteiger charge is 2.07. The number of fused-ring (bicyclic) bond motifs is 1. The van der Waals surface area contributed by atoms with Gasteiger partial charge in [-0.25, -0.2) is 9.98 Å². The molecule has 6 nitrogen and oxygen atoms in total. The van der Waals surface area contributed by atoms with Crippen LogP contribution in [0.15, 0.2) is 35.3 Å². The van der Waals surface area contributed by atoms with E-state index in [1.54, 1.807) is 0 Å². The van der Waals surface area contributed by atoms with E-state index in [-0.39, 0.29) is 0 Å². The third-order valence-electron chi connectivity index (χ3n) is 4.21. The summed E-state index contributed by atoms with van der Waals surface area (Å²) in [5.41, 5.74) is 2.18. The number of aliphatic imine (C=N–C) groups is 1. The van der Waals surface area contributed by atoms with Crippen LogP contribution in [0.25, 0.3) is 10.9 Å². The topological polar surface area (TPSA) is 61.8 Å². The molecule has 27 heavy (non-hydrogen) atoms. The molecule has 1 aromatic heterocycles. The molecule has 2 rings (SSSR count). The van der Waals surface area contributed by atoms with E-state index in [9.17, 15) is 0 Å². The van der Waals surface area contributed by atoms with Crippen molar-refractivity contribution >= 4 is 22.7 Å². The molecule has 1 aromatic carbocycles. The quantitative estimate of drug-likeness (QED) is 0.382. The fraction of sp³-hybridized carbons (Fsp3) is 0.524. The molecule has 0 aliphatic heterocycles. The Bertz CT molecular complexity index is 730. The van der Waals surface area contributed by atoms with Gasteiger partial charge in [0.25, 0.3) is 0 Å². The molecule has 2 aromatic rings. The molecule has 0 spiro atoms. The molecule has 0 bridgehead atoms. The Morgan fingerprint density at radius 3 is 2.70 bits per heavy atom. The van der Waals surface area contributed by atoms with E-state index in [1.807, 2.05) is 38.1 Å². The Labute approximate surface area is 163 Å². The number of para-hydroxylation sites is 1. The van der Waals surface area contributed by atoms with Gasteiger partial charge in [0.1, 0.15) is 5.82 Å². The van der Waals surface area contributed by atoms with Gasteiger partial charge in [-0.05, 0) is 44.4 Å². The number of benzene rings is 1. The van der Waals surface area contributed by atoms with Crippen LogP contribution in [-0.2, 0) is 11.3 Å². The molecular formula is C21H33N5O. The predicted molar refractivity (Wildman–Crippen MR) is 115 cm³/mol. The molecule has 1 heterocycles. The third-order valence-corrected chi connectivity index (χ3v) is 4.21. The standard InChI is InChI=1S/C21H33N5O/c1-5-22-21(23-13-9-10-14-27-6-2)24-16-17-15-20(26(3)4)25-19-12-8-7-11-18(17)19/h7-8,11-12,15H,5-6,9-10,13-14,16H2,1-4H3,(H2,22,23,24). The maximum atomic E-state index is 5.38. The summed E-state index contributed by atoms with van der Waals surface area (Å²) in [5.74, 6) is 1.80. The van der Waals surface area contributed by atoms with Gasteiger partial charge in [-0.3, -0.25) is 0 Å². The Morgan fingerprint density at radius 2 is 1.96 bits per heavy atom. The van der Waals surface area contributed by atoms with Crippen LogP contribution in [0.2, 0.25) is 0 Å². The first-order chi connectivity index (χ1) is 13.2. The third kappa shape index (κ3) is 6.71. The average molecular weight is 372 g/mol. The van der Waals surface area contributed by atoms with Gasteiger partial charge >= 0.3 is 0 Å². The van der Waals surface area contributed by atoms with Crippen molar-refractivity contribution in [3.05, 3.63) is 35.9 Å². The fourth-order valence-electron chi connectivity index (χ4n) is 2.78. The minimum atomic E-state index is 0.609. The van der Waals surface area contributed by atoms with Crippen LogP contribution in [-0.4, -0.2) is 51.3 Å². The van der Waals surface area contributed by atoms with Gasteiger partial charge in [-0.1, -0.05) is 18.2 Å². The number of nitrogens with one attached hydrogen (secondary N) is 2. The molecule has 148 valence electrons. The van der Waals surface area contributed by atoms with Gasteiger partial charge in [0, 0.05) is 45.8 Å². The minimum absolute atomic E-state index is 0.609. The van der Waals surface area contributed by atoms with Crippen molar-refractivity contribution < 1.29 is 4.74 Å². The second kappa shape index (κ2) is 11.4. The molecular weight excluding hydrogens is 338 g/mol. The minimum Gasteiger partial charge on any atom is -0.382 e. The zero-order valence-corrected chi connectivity index (χ0v) is 17.1. The number of hydrogen-bond donors (Lipinski definition) is 2. The lowest BCUT2D eigenvalue weighted by atomic mass is 10.1. The van der Waals surface area contributed by atoms with Crippen LogP contribution >= 0.6 is 0 Å². The fourth-order valence-corrected chi connectivity index (χ4v) is 2.78. The average Bonchev–Trinajstić information content (AvgIpc) is 2.68. The molecule has 0 saturated carbocycles. The summed E-state index contributed by atoms with van der Waals surface area (Å²) in [5, 5.41) is 7.88. The molecule has 6 heteroatoms. The van der Waals surface area contributed by atoms with E-state index in [0.29, 0.717) is 6.54 Å². The number of unbranched alkanes of at least 4 members (excludes halogenated alkanes) is 1. The van der Waals surface area contributed by atoms with Gasteiger partial charge in [0.05, 0.1) is 12.1 Å². The van der Waals surface area contributed by atoms with Crippen molar-refractivity contribution in [3.63, 3.8) is 0 Å².